The Morgan fingerprint density at radius 1 is 0.893 bits per heavy atom. The van der Waals surface area contributed by atoms with Crippen LogP contribution in [0.4, 0.5) is 5.69 Å². The fraction of sp³-hybridized carbons (Fsp3) is 0.0455. The first-order valence-corrected chi connectivity index (χ1v) is 9.59. The molecule has 0 aliphatic rings. The molecule has 0 bridgehead atoms. The SMILES string of the molecule is Cn1cnnc1Sc1ccc(NC(=O)c2ccc(-c3ccccc3)cc2)cc1. The molecule has 0 spiro atoms. The van der Waals surface area contributed by atoms with Crippen LogP contribution in [0.5, 0.6) is 0 Å². The standard InChI is InChI=1S/C22H18N4OS/c1-26-15-23-25-22(26)28-20-13-11-19(12-14-20)24-21(27)18-9-7-17(8-10-18)16-5-3-2-4-6-16/h2-15H,1H3,(H,24,27). The van der Waals surface area contributed by atoms with Crippen LogP contribution in [0.2, 0.25) is 0 Å². The molecular formula is C22H18N4OS. The highest BCUT2D eigenvalue weighted by atomic mass is 32.2. The van der Waals surface area contributed by atoms with Crippen molar-refractivity contribution in [2.75, 3.05) is 5.32 Å². The first-order chi connectivity index (χ1) is 13.7. The van der Waals surface area contributed by atoms with Crippen molar-refractivity contribution in [2.45, 2.75) is 10.1 Å². The third kappa shape index (κ3) is 4.13. The number of nitrogens with one attached hydrogen (secondary N) is 1. The average molecular weight is 386 g/mol. The highest BCUT2D eigenvalue weighted by Gasteiger charge is 2.08. The van der Waals surface area contributed by atoms with E-state index >= 15 is 0 Å². The van der Waals surface area contributed by atoms with Crippen molar-refractivity contribution in [3.63, 3.8) is 0 Å². The van der Waals surface area contributed by atoms with Crippen LogP contribution in [-0.4, -0.2) is 20.7 Å². The van der Waals surface area contributed by atoms with Crippen molar-refractivity contribution in [3.8, 4) is 11.1 Å². The molecule has 1 aromatic heterocycles. The van der Waals surface area contributed by atoms with Gasteiger partial charge in [-0.1, -0.05) is 42.5 Å². The minimum Gasteiger partial charge on any atom is -0.322 e. The van der Waals surface area contributed by atoms with Crippen molar-refractivity contribution in [1.82, 2.24) is 14.8 Å². The van der Waals surface area contributed by atoms with E-state index in [1.165, 1.54) is 11.8 Å². The second kappa shape index (κ2) is 8.10. The Bertz CT molecular complexity index is 1070. The first kappa shape index (κ1) is 18.0. The Labute approximate surface area is 167 Å². The van der Waals surface area contributed by atoms with Gasteiger partial charge in [0.25, 0.3) is 5.91 Å². The Balaban J connectivity index is 1.41. The maximum Gasteiger partial charge on any atom is 0.255 e. The van der Waals surface area contributed by atoms with Gasteiger partial charge in [-0.15, -0.1) is 10.2 Å². The molecule has 0 saturated heterocycles. The molecule has 0 saturated carbocycles. The quantitative estimate of drug-likeness (QED) is 0.531. The van der Waals surface area contributed by atoms with E-state index in [1.54, 1.807) is 6.33 Å². The summed E-state index contributed by atoms with van der Waals surface area (Å²) in [7, 11) is 1.90. The summed E-state index contributed by atoms with van der Waals surface area (Å²) in [5.74, 6) is -0.131. The van der Waals surface area contributed by atoms with Crippen molar-refractivity contribution in [2.24, 2.45) is 7.05 Å². The van der Waals surface area contributed by atoms with Crippen LogP contribution >= 0.6 is 11.8 Å². The molecule has 1 amide bonds. The maximum atomic E-state index is 12.5. The molecule has 138 valence electrons. The van der Waals surface area contributed by atoms with Crippen LogP contribution in [0.1, 0.15) is 10.4 Å². The maximum absolute atomic E-state index is 12.5. The van der Waals surface area contributed by atoms with Gasteiger partial charge in [0.15, 0.2) is 5.16 Å². The van der Waals surface area contributed by atoms with Gasteiger partial charge >= 0.3 is 0 Å². The normalized spacial score (nSPS) is 10.6. The molecule has 0 radical (unpaired) electrons. The third-order valence-corrected chi connectivity index (χ3v) is 5.31. The fourth-order valence-electron chi connectivity index (χ4n) is 2.72. The van der Waals surface area contributed by atoms with Crippen LogP contribution in [0.25, 0.3) is 11.1 Å². The molecule has 6 heteroatoms. The van der Waals surface area contributed by atoms with Gasteiger partial charge in [0.2, 0.25) is 0 Å². The highest BCUT2D eigenvalue weighted by Crippen LogP contribution is 2.26. The molecular weight excluding hydrogens is 368 g/mol. The molecule has 3 aromatic carbocycles. The summed E-state index contributed by atoms with van der Waals surface area (Å²) in [5.41, 5.74) is 3.59. The smallest absolute Gasteiger partial charge is 0.255 e. The zero-order valence-electron chi connectivity index (χ0n) is 15.2. The molecule has 28 heavy (non-hydrogen) atoms. The van der Waals surface area contributed by atoms with Crippen molar-refractivity contribution in [3.05, 3.63) is 90.8 Å². The lowest BCUT2D eigenvalue weighted by Crippen LogP contribution is -2.11. The van der Waals surface area contributed by atoms with Gasteiger partial charge < -0.3 is 9.88 Å². The van der Waals surface area contributed by atoms with E-state index in [2.05, 4.69) is 27.6 Å². The number of aromatic nitrogens is 3. The lowest BCUT2D eigenvalue weighted by Gasteiger charge is -2.07. The van der Waals surface area contributed by atoms with E-state index in [9.17, 15) is 4.79 Å². The second-order valence-electron chi connectivity index (χ2n) is 6.25. The van der Waals surface area contributed by atoms with Crippen LogP contribution in [0, 0.1) is 0 Å². The van der Waals surface area contributed by atoms with Crippen molar-refractivity contribution >= 4 is 23.4 Å². The zero-order valence-corrected chi connectivity index (χ0v) is 16.1. The molecule has 0 fully saturated rings. The summed E-state index contributed by atoms with van der Waals surface area (Å²) < 4.78 is 1.86. The van der Waals surface area contributed by atoms with Crippen LogP contribution < -0.4 is 5.32 Å². The van der Waals surface area contributed by atoms with E-state index in [0.717, 1.165) is 26.9 Å². The number of aryl methyl sites for hydroxylation is 1. The first-order valence-electron chi connectivity index (χ1n) is 8.78. The number of rotatable bonds is 5. The number of amides is 1. The van der Waals surface area contributed by atoms with Gasteiger partial charge in [0.05, 0.1) is 0 Å². The number of carbonyl (C=O) groups is 1. The van der Waals surface area contributed by atoms with E-state index in [4.69, 9.17) is 0 Å². The number of anilines is 1. The fourth-order valence-corrected chi connectivity index (χ4v) is 3.49. The van der Waals surface area contributed by atoms with Gasteiger partial charge in [0.1, 0.15) is 6.33 Å². The molecule has 1 N–H and O–H groups in total. The lowest BCUT2D eigenvalue weighted by molar-refractivity contribution is 0.102. The topological polar surface area (TPSA) is 59.8 Å². The summed E-state index contributed by atoms with van der Waals surface area (Å²) in [6, 6.07) is 25.4. The second-order valence-corrected chi connectivity index (χ2v) is 7.29. The summed E-state index contributed by atoms with van der Waals surface area (Å²) in [5, 5.41) is 11.7. The van der Waals surface area contributed by atoms with Gasteiger partial charge in [0, 0.05) is 23.2 Å². The number of benzene rings is 3. The number of hydrogen-bond donors (Lipinski definition) is 1. The molecule has 0 atom stereocenters. The minimum absolute atomic E-state index is 0.131. The Morgan fingerprint density at radius 3 is 2.21 bits per heavy atom. The molecule has 0 unspecified atom stereocenters. The predicted octanol–water partition coefficient (Wildman–Crippen LogP) is 4.89. The summed E-state index contributed by atoms with van der Waals surface area (Å²) in [4.78, 5) is 13.5. The minimum atomic E-state index is -0.131. The largest absolute Gasteiger partial charge is 0.322 e. The van der Waals surface area contributed by atoms with E-state index in [1.807, 2.05) is 78.3 Å². The Kier molecular flexibility index (Phi) is 5.21. The number of carbonyl (C=O) groups excluding carboxylic acids is 1. The van der Waals surface area contributed by atoms with E-state index < -0.39 is 0 Å². The molecule has 0 aliphatic carbocycles. The summed E-state index contributed by atoms with van der Waals surface area (Å²) in [6.45, 7) is 0. The summed E-state index contributed by atoms with van der Waals surface area (Å²) >= 11 is 1.52. The summed E-state index contributed by atoms with van der Waals surface area (Å²) in [6.07, 6.45) is 1.67. The highest BCUT2D eigenvalue weighted by molar-refractivity contribution is 7.99. The van der Waals surface area contributed by atoms with Gasteiger partial charge in [-0.25, -0.2) is 0 Å². The Hall–Kier alpha value is -3.38. The van der Waals surface area contributed by atoms with Crippen molar-refractivity contribution < 1.29 is 4.79 Å². The lowest BCUT2D eigenvalue weighted by atomic mass is 10.0. The van der Waals surface area contributed by atoms with E-state index in [-0.39, 0.29) is 5.91 Å². The molecule has 4 rings (SSSR count). The van der Waals surface area contributed by atoms with Gasteiger partial charge in [-0.2, -0.15) is 0 Å². The van der Waals surface area contributed by atoms with Crippen LogP contribution in [0.3, 0.4) is 0 Å². The molecule has 0 aliphatic heterocycles. The van der Waals surface area contributed by atoms with Gasteiger partial charge in [-0.05, 0) is 59.3 Å². The number of nitrogens with zero attached hydrogens (tertiary/aromatic N) is 3. The van der Waals surface area contributed by atoms with E-state index in [0.29, 0.717) is 5.56 Å². The van der Waals surface area contributed by atoms with Crippen LogP contribution in [0.15, 0.2) is 95.2 Å². The van der Waals surface area contributed by atoms with Gasteiger partial charge in [-0.3, -0.25) is 4.79 Å². The van der Waals surface area contributed by atoms with Crippen LogP contribution in [-0.2, 0) is 7.05 Å². The van der Waals surface area contributed by atoms with Crippen molar-refractivity contribution in [1.29, 1.82) is 0 Å². The average Bonchev–Trinajstić information content (AvgIpc) is 3.14. The number of hydrogen-bond acceptors (Lipinski definition) is 4. The molecule has 5 nitrogen and oxygen atoms in total. The Morgan fingerprint density at radius 2 is 1.57 bits per heavy atom. The zero-order chi connectivity index (χ0) is 19.3. The predicted molar refractivity (Wildman–Crippen MR) is 111 cm³/mol. The molecule has 4 aromatic rings. The monoisotopic (exact) mass is 386 g/mol. The molecule has 1 heterocycles. The third-order valence-electron chi connectivity index (χ3n) is 4.25.